The molecule has 3 heteroatoms. The Kier molecular flexibility index (Phi) is 2.37. The minimum atomic E-state index is -0.166. The van der Waals surface area contributed by atoms with Crippen LogP contribution >= 0.6 is 0 Å². The van der Waals surface area contributed by atoms with E-state index in [1.165, 1.54) is 12.5 Å². The lowest BCUT2D eigenvalue weighted by Gasteiger charge is -2.03. The number of benzene rings is 1. The van der Waals surface area contributed by atoms with Crippen LogP contribution in [0.3, 0.4) is 0 Å². The molecule has 2 rings (SSSR count). The number of aromatic nitrogens is 1. The van der Waals surface area contributed by atoms with E-state index in [0.717, 1.165) is 11.1 Å². The predicted octanol–water partition coefficient (Wildman–Crippen LogP) is 2.52. The Morgan fingerprint density at radius 3 is 2.80 bits per heavy atom. The molecule has 1 aromatic heterocycles. The summed E-state index contributed by atoms with van der Waals surface area (Å²) in [6, 6.07) is 5.75. The average Bonchev–Trinajstić information content (AvgIpc) is 2.74. The number of carbonyl (C=O) groups is 1. The quantitative estimate of drug-likeness (QED) is 0.701. The van der Waals surface area contributed by atoms with Crippen molar-refractivity contribution in [3.05, 3.63) is 53.2 Å². The molecule has 0 radical (unpaired) electrons. The van der Waals surface area contributed by atoms with Crippen molar-refractivity contribution in [2.45, 2.75) is 13.8 Å². The van der Waals surface area contributed by atoms with Gasteiger partial charge < -0.3 is 4.42 Å². The number of rotatable bonds is 2. The first-order chi connectivity index (χ1) is 7.18. The van der Waals surface area contributed by atoms with Crippen LogP contribution < -0.4 is 0 Å². The van der Waals surface area contributed by atoms with Gasteiger partial charge in [-0.15, -0.1) is 0 Å². The Morgan fingerprint density at radius 2 is 2.13 bits per heavy atom. The highest BCUT2D eigenvalue weighted by Crippen LogP contribution is 2.14. The standard InChI is InChI=1S/C12H11NO2/c1-8-3-4-9(2)10(7-8)11(14)12-13-5-6-15-12/h3-7H,1-2H3. The predicted molar refractivity (Wildman–Crippen MR) is 55.9 cm³/mol. The summed E-state index contributed by atoms with van der Waals surface area (Å²) in [6.07, 6.45) is 2.87. The summed E-state index contributed by atoms with van der Waals surface area (Å²) in [6.45, 7) is 3.85. The third-order valence-corrected chi connectivity index (χ3v) is 2.26. The fourth-order valence-electron chi connectivity index (χ4n) is 1.43. The molecule has 1 heterocycles. The number of ketones is 1. The number of hydrogen-bond acceptors (Lipinski definition) is 3. The van der Waals surface area contributed by atoms with Gasteiger partial charge >= 0.3 is 0 Å². The van der Waals surface area contributed by atoms with Crippen molar-refractivity contribution in [2.24, 2.45) is 0 Å². The van der Waals surface area contributed by atoms with Crippen LogP contribution in [0.2, 0.25) is 0 Å². The van der Waals surface area contributed by atoms with Gasteiger partial charge in [-0.1, -0.05) is 17.7 Å². The molecule has 76 valence electrons. The lowest BCUT2D eigenvalue weighted by Crippen LogP contribution is -2.04. The van der Waals surface area contributed by atoms with E-state index in [1.54, 1.807) is 0 Å². The highest BCUT2D eigenvalue weighted by atomic mass is 16.3. The Bertz CT molecular complexity index is 486. The van der Waals surface area contributed by atoms with Gasteiger partial charge in [-0.05, 0) is 25.5 Å². The minimum Gasteiger partial charge on any atom is -0.442 e. The average molecular weight is 201 g/mol. The molecule has 0 saturated heterocycles. The lowest BCUT2D eigenvalue weighted by molar-refractivity contribution is 0.100. The second-order valence-electron chi connectivity index (χ2n) is 3.48. The second-order valence-corrected chi connectivity index (χ2v) is 3.48. The number of carbonyl (C=O) groups excluding carboxylic acids is 1. The molecule has 3 nitrogen and oxygen atoms in total. The zero-order valence-electron chi connectivity index (χ0n) is 8.65. The summed E-state index contributed by atoms with van der Waals surface area (Å²) in [5, 5.41) is 0. The molecule has 0 unspecified atom stereocenters. The highest BCUT2D eigenvalue weighted by Gasteiger charge is 2.15. The Labute approximate surface area is 87.8 Å². The van der Waals surface area contributed by atoms with Crippen LogP contribution in [0.1, 0.15) is 27.4 Å². The number of hydrogen-bond donors (Lipinski definition) is 0. The van der Waals surface area contributed by atoms with Gasteiger partial charge in [-0.2, -0.15) is 0 Å². The van der Waals surface area contributed by atoms with Crippen LogP contribution in [0, 0.1) is 13.8 Å². The molecular weight excluding hydrogens is 190 g/mol. The molecule has 1 aromatic carbocycles. The molecule has 0 aliphatic rings. The van der Waals surface area contributed by atoms with E-state index in [1.807, 2.05) is 32.0 Å². The van der Waals surface area contributed by atoms with Crippen LogP contribution in [0.15, 0.2) is 35.1 Å². The molecule has 0 fully saturated rings. The van der Waals surface area contributed by atoms with E-state index in [4.69, 9.17) is 4.42 Å². The number of aryl methyl sites for hydroxylation is 2. The molecular formula is C12H11NO2. The molecule has 2 aromatic rings. The molecule has 0 spiro atoms. The van der Waals surface area contributed by atoms with E-state index in [2.05, 4.69) is 4.98 Å². The van der Waals surface area contributed by atoms with Gasteiger partial charge in [0.25, 0.3) is 5.89 Å². The summed E-state index contributed by atoms with van der Waals surface area (Å²) >= 11 is 0. The van der Waals surface area contributed by atoms with Gasteiger partial charge in [0, 0.05) is 5.56 Å². The van der Waals surface area contributed by atoms with Crippen LogP contribution in [-0.2, 0) is 0 Å². The number of nitrogens with zero attached hydrogens (tertiary/aromatic N) is 1. The third kappa shape index (κ3) is 1.81. The largest absolute Gasteiger partial charge is 0.442 e. The van der Waals surface area contributed by atoms with Crippen molar-refractivity contribution in [1.29, 1.82) is 0 Å². The molecule has 0 amide bonds. The van der Waals surface area contributed by atoms with Gasteiger partial charge in [0.1, 0.15) is 6.26 Å². The molecule has 0 aliphatic carbocycles. The number of oxazole rings is 1. The molecule has 0 bridgehead atoms. The van der Waals surface area contributed by atoms with Crippen molar-refractivity contribution in [3.63, 3.8) is 0 Å². The summed E-state index contributed by atoms with van der Waals surface area (Å²) in [5.41, 5.74) is 2.64. The molecule has 0 N–H and O–H groups in total. The van der Waals surface area contributed by atoms with Crippen molar-refractivity contribution in [3.8, 4) is 0 Å². The molecule has 0 aliphatic heterocycles. The summed E-state index contributed by atoms with van der Waals surface area (Å²) < 4.78 is 4.98. The Morgan fingerprint density at radius 1 is 1.33 bits per heavy atom. The normalized spacial score (nSPS) is 10.3. The fraction of sp³-hybridized carbons (Fsp3) is 0.167. The van der Waals surface area contributed by atoms with E-state index in [9.17, 15) is 4.79 Å². The molecule has 15 heavy (non-hydrogen) atoms. The van der Waals surface area contributed by atoms with Crippen LogP contribution in [-0.4, -0.2) is 10.8 Å². The van der Waals surface area contributed by atoms with Gasteiger partial charge in [0.2, 0.25) is 5.78 Å². The van der Waals surface area contributed by atoms with Gasteiger partial charge in [-0.3, -0.25) is 4.79 Å². The first-order valence-electron chi connectivity index (χ1n) is 4.70. The van der Waals surface area contributed by atoms with E-state index in [-0.39, 0.29) is 11.7 Å². The summed E-state index contributed by atoms with van der Waals surface area (Å²) in [4.78, 5) is 15.8. The van der Waals surface area contributed by atoms with E-state index < -0.39 is 0 Å². The third-order valence-electron chi connectivity index (χ3n) is 2.26. The van der Waals surface area contributed by atoms with Gasteiger partial charge in [0.15, 0.2) is 0 Å². The summed E-state index contributed by atoms with van der Waals surface area (Å²) in [5.74, 6) is -0.0232. The maximum absolute atomic E-state index is 11.9. The smallest absolute Gasteiger partial charge is 0.268 e. The zero-order chi connectivity index (χ0) is 10.8. The summed E-state index contributed by atoms with van der Waals surface area (Å²) in [7, 11) is 0. The van der Waals surface area contributed by atoms with Crippen molar-refractivity contribution in [1.82, 2.24) is 4.98 Å². The van der Waals surface area contributed by atoms with Crippen LogP contribution in [0.5, 0.6) is 0 Å². The van der Waals surface area contributed by atoms with Crippen molar-refractivity contribution < 1.29 is 9.21 Å². The van der Waals surface area contributed by atoms with Gasteiger partial charge in [0.05, 0.1) is 6.20 Å². The maximum atomic E-state index is 11.9. The zero-order valence-corrected chi connectivity index (χ0v) is 8.65. The van der Waals surface area contributed by atoms with E-state index in [0.29, 0.717) is 5.56 Å². The maximum Gasteiger partial charge on any atom is 0.268 e. The Balaban J connectivity index is 2.46. The fourth-order valence-corrected chi connectivity index (χ4v) is 1.43. The first-order valence-corrected chi connectivity index (χ1v) is 4.70. The van der Waals surface area contributed by atoms with Crippen LogP contribution in [0.4, 0.5) is 0 Å². The molecule has 0 saturated carbocycles. The van der Waals surface area contributed by atoms with E-state index >= 15 is 0 Å². The van der Waals surface area contributed by atoms with Crippen LogP contribution in [0.25, 0.3) is 0 Å². The minimum absolute atomic E-state index is 0.142. The second kappa shape index (κ2) is 3.69. The highest BCUT2D eigenvalue weighted by molar-refractivity contribution is 6.06. The van der Waals surface area contributed by atoms with Gasteiger partial charge in [-0.25, -0.2) is 4.98 Å². The lowest BCUT2D eigenvalue weighted by atomic mass is 10.0. The molecule has 0 atom stereocenters. The Hall–Kier alpha value is -1.90. The monoisotopic (exact) mass is 201 g/mol. The SMILES string of the molecule is Cc1ccc(C)c(C(=O)c2ncco2)c1. The topological polar surface area (TPSA) is 43.1 Å². The van der Waals surface area contributed by atoms with Crippen molar-refractivity contribution in [2.75, 3.05) is 0 Å². The van der Waals surface area contributed by atoms with Crippen molar-refractivity contribution >= 4 is 5.78 Å². The first kappa shape index (κ1) is 9.65.